The number of nitrogens with zero attached hydrogens (tertiary/aromatic N) is 1. The van der Waals surface area contributed by atoms with E-state index in [0.717, 1.165) is 5.56 Å². The molecule has 4 N–H and O–H groups in total. The summed E-state index contributed by atoms with van der Waals surface area (Å²) >= 11 is 0. The summed E-state index contributed by atoms with van der Waals surface area (Å²) < 4.78 is 0. The predicted octanol–water partition coefficient (Wildman–Crippen LogP) is 3.02. The lowest BCUT2D eigenvalue weighted by atomic mass is 10.1. The van der Waals surface area contributed by atoms with Crippen molar-refractivity contribution in [2.75, 3.05) is 11.1 Å². The average molecular weight is 280 g/mol. The Bertz CT molecular complexity index is 691. The number of carbonyl (C=O) groups excluding carboxylic acids is 1. The van der Waals surface area contributed by atoms with Gasteiger partial charge < -0.3 is 16.4 Å². The molecular weight excluding hydrogens is 264 g/mol. The van der Waals surface area contributed by atoms with Crippen LogP contribution in [0.3, 0.4) is 0 Å². The number of carbonyl (C=O) groups is 1. The molecule has 0 fully saturated rings. The first-order valence-electron chi connectivity index (χ1n) is 6.52. The minimum absolute atomic E-state index is 0.217. The van der Waals surface area contributed by atoms with Crippen molar-refractivity contribution in [2.45, 2.75) is 13.0 Å². The van der Waals surface area contributed by atoms with Gasteiger partial charge in [0.15, 0.2) is 0 Å². The molecule has 2 amide bonds. The third kappa shape index (κ3) is 3.74. The van der Waals surface area contributed by atoms with Crippen molar-refractivity contribution in [3.8, 4) is 6.07 Å². The second kappa shape index (κ2) is 6.44. The fourth-order valence-electron chi connectivity index (χ4n) is 2.01. The number of nitriles is 1. The normalized spacial score (nSPS) is 11.2. The van der Waals surface area contributed by atoms with Crippen LogP contribution in [0.4, 0.5) is 16.2 Å². The lowest BCUT2D eigenvalue weighted by Crippen LogP contribution is -2.31. The SMILES string of the molecule is CC(NC(=O)Nc1cccc(C#N)c1)c1ccccc1N. The van der Waals surface area contributed by atoms with Crippen LogP contribution in [-0.4, -0.2) is 6.03 Å². The Hall–Kier alpha value is -3.00. The summed E-state index contributed by atoms with van der Waals surface area (Å²) in [5.41, 5.74) is 8.44. The lowest BCUT2D eigenvalue weighted by molar-refractivity contribution is 0.249. The van der Waals surface area contributed by atoms with Crippen molar-refractivity contribution in [2.24, 2.45) is 0 Å². The summed E-state index contributed by atoms with van der Waals surface area (Å²) in [6.45, 7) is 1.86. The molecule has 0 aliphatic heterocycles. The largest absolute Gasteiger partial charge is 0.398 e. The molecule has 0 aliphatic rings. The first-order chi connectivity index (χ1) is 10.1. The number of nitrogen functional groups attached to an aromatic ring is 1. The van der Waals surface area contributed by atoms with Crippen LogP contribution >= 0.6 is 0 Å². The van der Waals surface area contributed by atoms with Gasteiger partial charge in [0.05, 0.1) is 17.7 Å². The van der Waals surface area contributed by atoms with Crippen molar-refractivity contribution in [1.82, 2.24) is 5.32 Å². The minimum Gasteiger partial charge on any atom is -0.398 e. The number of rotatable bonds is 3. The number of para-hydroxylation sites is 1. The van der Waals surface area contributed by atoms with Gasteiger partial charge in [-0.1, -0.05) is 24.3 Å². The fourth-order valence-corrected chi connectivity index (χ4v) is 2.01. The highest BCUT2D eigenvalue weighted by Crippen LogP contribution is 2.19. The number of benzene rings is 2. The summed E-state index contributed by atoms with van der Waals surface area (Å²) in [6.07, 6.45) is 0. The molecule has 0 radical (unpaired) electrons. The van der Waals surface area contributed by atoms with Crippen LogP contribution in [0.5, 0.6) is 0 Å². The molecule has 0 saturated carbocycles. The summed E-state index contributed by atoms with van der Waals surface area (Å²) in [5, 5.41) is 14.3. The molecule has 0 saturated heterocycles. The van der Waals surface area contributed by atoms with E-state index in [1.165, 1.54) is 0 Å². The van der Waals surface area contributed by atoms with Crippen LogP contribution in [-0.2, 0) is 0 Å². The second-order valence-electron chi connectivity index (χ2n) is 4.64. The Morgan fingerprint density at radius 1 is 1.24 bits per heavy atom. The van der Waals surface area contributed by atoms with Crippen LogP contribution in [0.1, 0.15) is 24.1 Å². The molecule has 1 unspecified atom stereocenters. The molecule has 2 aromatic carbocycles. The van der Waals surface area contributed by atoms with Gasteiger partial charge in [0.2, 0.25) is 0 Å². The third-order valence-electron chi connectivity index (χ3n) is 3.06. The van der Waals surface area contributed by atoms with Gasteiger partial charge in [-0.3, -0.25) is 0 Å². The molecule has 0 aromatic heterocycles. The number of amides is 2. The maximum absolute atomic E-state index is 12.0. The number of nitrogens with one attached hydrogen (secondary N) is 2. The standard InChI is InChI=1S/C16H16N4O/c1-11(14-7-2-3-8-15(14)18)19-16(21)20-13-6-4-5-12(9-13)10-17/h2-9,11H,18H2,1H3,(H2,19,20,21). The predicted molar refractivity (Wildman–Crippen MR) is 82.6 cm³/mol. The maximum atomic E-state index is 12.0. The van der Waals surface area contributed by atoms with Gasteiger partial charge in [0.1, 0.15) is 0 Å². The molecule has 0 spiro atoms. The maximum Gasteiger partial charge on any atom is 0.319 e. The summed E-state index contributed by atoms with van der Waals surface area (Å²) in [6, 6.07) is 15.6. The van der Waals surface area contributed by atoms with Crippen molar-refractivity contribution >= 4 is 17.4 Å². The van der Waals surface area contributed by atoms with E-state index in [4.69, 9.17) is 11.0 Å². The highest BCUT2D eigenvalue weighted by atomic mass is 16.2. The molecule has 0 aliphatic carbocycles. The minimum atomic E-state index is -0.346. The highest BCUT2D eigenvalue weighted by molar-refractivity contribution is 5.89. The molecule has 2 rings (SSSR count). The van der Waals surface area contributed by atoms with Gasteiger partial charge in [-0.15, -0.1) is 0 Å². The molecule has 1 atom stereocenters. The zero-order chi connectivity index (χ0) is 15.2. The first-order valence-corrected chi connectivity index (χ1v) is 6.52. The zero-order valence-electron chi connectivity index (χ0n) is 11.6. The Morgan fingerprint density at radius 2 is 2.00 bits per heavy atom. The number of urea groups is 1. The third-order valence-corrected chi connectivity index (χ3v) is 3.06. The highest BCUT2D eigenvalue weighted by Gasteiger charge is 2.11. The summed E-state index contributed by atoms with van der Waals surface area (Å²) in [5.74, 6) is 0. The van der Waals surface area contributed by atoms with Crippen LogP contribution in [0.2, 0.25) is 0 Å². The van der Waals surface area contributed by atoms with E-state index in [2.05, 4.69) is 10.6 Å². The topological polar surface area (TPSA) is 90.9 Å². The molecular formula is C16H16N4O. The van der Waals surface area contributed by atoms with Crippen LogP contribution in [0.15, 0.2) is 48.5 Å². The summed E-state index contributed by atoms with van der Waals surface area (Å²) in [7, 11) is 0. The van der Waals surface area contributed by atoms with Crippen LogP contribution in [0, 0.1) is 11.3 Å². The van der Waals surface area contributed by atoms with Crippen LogP contribution < -0.4 is 16.4 Å². The van der Waals surface area contributed by atoms with E-state index >= 15 is 0 Å². The van der Waals surface area contributed by atoms with Gasteiger partial charge in [0.25, 0.3) is 0 Å². The van der Waals surface area contributed by atoms with Crippen molar-refractivity contribution in [1.29, 1.82) is 5.26 Å². The Labute approximate surface area is 123 Å². The van der Waals surface area contributed by atoms with E-state index in [9.17, 15) is 4.79 Å². The van der Waals surface area contributed by atoms with Gasteiger partial charge in [0, 0.05) is 11.4 Å². The molecule has 5 nitrogen and oxygen atoms in total. The van der Waals surface area contributed by atoms with E-state index in [1.54, 1.807) is 30.3 Å². The zero-order valence-corrected chi connectivity index (χ0v) is 11.6. The smallest absolute Gasteiger partial charge is 0.319 e. The average Bonchev–Trinajstić information content (AvgIpc) is 2.47. The number of anilines is 2. The molecule has 106 valence electrons. The second-order valence-corrected chi connectivity index (χ2v) is 4.64. The van der Waals surface area contributed by atoms with E-state index < -0.39 is 0 Å². The molecule has 21 heavy (non-hydrogen) atoms. The monoisotopic (exact) mass is 280 g/mol. The Kier molecular flexibility index (Phi) is 4.42. The Balaban J connectivity index is 2.02. The van der Waals surface area contributed by atoms with Gasteiger partial charge >= 0.3 is 6.03 Å². The van der Waals surface area contributed by atoms with Gasteiger partial charge in [-0.2, -0.15) is 5.26 Å². The molecule has 2 aromatic rings. The van der Waals surface area contributed by atoms with E-state index in [-0.39, 0.29) is 12.1 Å². The quantitative estimate of drug-likeness (QED) is 0.755. The number of hydrogen-bond acceptors (Lipinski definition) is 3. The van der Waals surface area contributed by atoms with Crippen LogP contribution in [0.25, 0.3) is 0 Å². The fraction of sp³-hybridized carbons (Fsp3) is 0.125. The van der Waals surface area contributed by atoms with E-state index in [0.29, 0.717) is 16.9 Å². The van der Waals surface area contributed by atoms with Crippen molar-refractivity contribution < 1.29 is 4.79 Å². The Morgan fingerprint density at radius 3 is 2.71 bits per heavy atom. The summed E-state index contributed by atoms with van der Waals surface area (Å²) in [4.78, 5) is 12.0. The van der Waals surface area contributed by atoms with Gasteiger partial charge in [-0.25, -0.2) is 4.79 Å². The number of nitrogens with two attached hydrogens (primary N) is 1. The molecule has 0 heterocycles. The van der Waals surface area contributed by atoms with Crippen molar-refractivity contribution in [3.05, 3.63) is 59.7 Å². The number of hydrogen-bond donors (Lipinski definition) is 3. The molecule has 5 heteroatoms. The molecule has 0 bridgehead atoms. The lowest BCUT2D eigenvalue weighted by Gasteiger charge is -2.16. The van der Waals surface area contributed by atoms with E-state index in [1.807, 2.05) is 31.2 Å². The van der Waals surface area contributed by atoms with Gasteiger partial charge in [-0.05, 0) is 36.8 Å². The van der Waals surface area contributed by atoms with Crippen molar-refractivity contribution in [3.63, 3.8) is 0 Å². The first kappa shape index (κ1) is 14.4.